The van der Waals surface area contributed by atoms with E-state index in [4.69, 9.17) is 16.3 Å². The first kappa shape index (κ1) is 22.0. The minimum absolute atomic E-state index is 0.0430. The summed E-state index contributed by atoms with van der Waals surface area (Å²) in [5.74, 6) is -0.647. The molecule has 1 atom stereocenters. The van der Waals surface area contributed by atoms with Crippen molar-refractivity contribution < 1.29 is 9.53 Å². The molecule has 1 saturated heterocycles. The zero-order chi connectivity index (χ0) is 22.7. The van der Waals surface area contributed by atoms with Crippen molar-refractivity contribution in [2.75, 3.05) is 13.2 Å². The largest absolute Gasteiger partial charge is 0.376 e. The highest BCUT2D eigenvalue weighted by atomic mass is 35.5. The number of benzene rings is 2. The number of nitrogens with zero attached hydrogens (tertiary/aromatic N) is 3. The summed E-state index contributed by atoms with van der Waals surface area (Å²) in [7, 11) is 0. The molecule has 0 bridgehead atoms. The van der Waals surface area contributed by atoms with Gasteiger partial charge in [-0.15, -0.1) is 0 Å². The van der Waals surface area contributed by atoms with E-state index >= 15 is 0 Å². The summed E-state index contributed by atoms with van der Waals surface area (Å²) in [5, 5.41) is 7.33. The summed E-state index contributed by atoms with van der Waals surface area (Å²) in [6, 6.07) is 13.9. The topological polar surface area (TPSA) is 95.2 Å². The van der Waals surface area contributed by atoms with E-state index in [0.717, 1.165) is 27.7 Å². The van der Waals surface area contributed by atoms with Gasteiger partial charge in [-0.1, -0.05) is 41.4 Å². The summed E-state index contributed by atoms with van der Waals surface area (Å²) in [6.07, 6.45) is 1.69. The van der Waals surface area contributed by atoms with Crippen LogP contribution in [0.5, 0.6) is 0 Å². The van der Waals surface area contributed by atoms with Gasteiger partial charge in [-0.2, -0.15) is 9.78 Å². The number of halogens is 1. The van der Waals surface area contributed by atoms with Crippen LogP contribution in [0.3, 0.4) is 0 Å². The lowest BCUT2D eigenvalue weighted by Crippen LogP contribution is -2.46. The van der Waals surface area contributed by atoms with E-state index in [-0.39, 0.29) is 24.9 Å². The molecule has 9 heteroatoms. The Kier molecular flexibility index (Phi) is 6.53. The number of carbonyl (C=O) groups is 1. The first-order valence-corrected chi connectivity index (χ1v) is 10.8. The lowest BCUT2D eigenvalue weighted by molar-refractivity contribution is 0.0849. The van der Waals surface area contributed by atoms with Crippen molar-refractivity contribution in [1.29, 1.82) is 0 Å². The molecule has 8 nitrogen and oxygen atoms in total. The molecule has 1 unspecified atom stereocenters. The predicted octanol–water partition coefficient (Wildman–Crippen LogP) is 2.31. The van der Waals surface area contributed by atoms with Crippen molar-refractivity contribution in [2.45, 2.75) is 32.4 Å². The molecule has 1 fully saturated rings. The molecule has 0 saturated carbocycles. The Balaban J connectivity index is 1.76. The maximum absolute atomic E-state index is 13.2. The van der Waals surface area contributed by atoms with Crippen molar-refractivity contribution in [3.8, 4) is 5.69 Å². The van der Waals surface area contributed by atoms with Gasteiger partial charge < -0.3 is 10.1 Å². The van der Waals surface area contributed by atoms with Gasteiger partial charge in [0.25, 0.3) is 11.5 Å². The molecule has 0 aliphatic carbocycles. The minimum Gasteiger partial charge on any atom is -0.376 e. The Morgan fingerprint density at radius 2 is 2.00 bits per heavy atom. The molecular formula is C23H23ClN4O4. The monoisotopic (exact) mass is 454 g/mol. The van der Waals surface area contributed by atoms with Crippen molar-refractivity contribution in [2.24, 2.45) is 0 Å². The van der Waals surface area contributed by atoms with Crippen LogP contribution in [-0.4, -0.2) is 39.5 Å². The number of aromatic nitrogens is 3. The minimum atomic E-state index is -0.761. The second-order valence-corrected chi connectivity index (χ2v) is 8.18. The van der Waals surface area contributed by atoms with E-state index in [1.54, 1.807) is 36.4 Å². The Labute approximate surface area is 189 Å². The predicted molar refractivity (Wildman–Crippen MR) is 121 cm³/mol. The van der Waals surface area contributed by atoms with E-state index in [9.17, 15) is 14.4 Å². The summed E-state index contributed by atoms with van der Waals surface area (Å²) in [6.45, 7) is 2.81. The number of amides is 1. The van der Waals surface area contributed by atoms with Crippen LogP contribution < -0.4 is 16.6 Å². The van der Waals surface area contributed by atoms with Crippen LogP contribution in [0.4, 0.5) is 0 Å². The highest BCUT2D eigenvalue weighted by Gasteiger charge is 2.22. The molecule has 1 aliphatic heterocycles. The third kappa shape index (κ3) is 4.81. The Morgan fingerprint density at radius 1 is 1.22 bits per heavy atom. The number of carbonyl (C=O) groups excluding carboxylic acids is 1. The summed E-state index contributed by atoms with van der Waals surface area (Å²) < 4.78 is 7.60. The van der Waals surface area contributed by atoms with Crippen LogP contribution in [0.2, 0.25) is 5.02 Å². The molecule has 0 radical (unpaired) electrons. The zero-order valence-electron chi connectivity index (χ0n) is 17.6. The fourth-order valence-electron chi connectivity index (χ4n) is 3.56. The molecule has 32 heavy (non-hydrogen) atoms. The van der Waals surface area contributed by atoms with Gasteiger partial charge in [0.2, 0.25) is 5.69 Å². The van der Waals surface area contributed by atoms with E-state index in [1.165, 1.54) is 0 Å². The zero-order valence-corrected chi connectivity index (χ0v) is 18.3. The molecule has 1 aliphatic rings. The molecule has 0 spiro atoms. The first-order valence-electron chi connectivity index (χ1n) is 10.4. The molecule has 2 aromatic carbocycles. The number of aryl methyl sites for hydroxylation is 1. The molecule has 1 N–H and O–H groups in total. The van der Waals surface area contributed by atoms with Crippen molar-refractivity contribution >= 4 is 17.5 Å². The maximum atomic E-state index is 13.2. The van der Waals surface area contributed by atoms with Gasteiger partial charge in [0.05, 0.1) is 18.3 Å². The molecule has 1 amide bonds. The van der Waals surface area contributed by atoms with E-state index in [2.05, 4.69) is 10.4 Å². The fraction of sp³-hybridized carbons (Fsp3) is 0.304. The van der Waals surface area contributed by atoms with Crippen LogP contribution >= 0.6 is 11.6 Å². The van der Waals surface area contributed by atoms with Crippen LogP contribution in [0.15, 0.2) is 58.1 Å². The van der Waals surface area contributed by atoms with Gasteiger partial charge in [-0.25, -0.2) is 4.79 Å². The number of hydrogen-bond donors (Lipinski definition) is 1. The Hall–Kier alpha value is -3.23. The van der Waals surface area contributed by atoms with Gasteiger partial charge >= 0.3 is 5.69 Å². The lowest BCUT2D eigenvalue weighted by Gasteiger charge is -2.14. The average molecular weight is 455 g/mol. The van der Waals surface area contributed by atoms with Crippen molar-refractivity contribution in [1.82, 2.24) is 19.7 Å². The van der Waals surface area contributed by atoms with Crippen LogP contribution in [0.25, 0.3) is 5.69 Å². The van der Waals surface area contributed by atoms with E-state index in [0.29, 0.717) is 22.9 Å². The average Bonchev–Trinajstić information content (AvgIpc) is 3.30. The number of rotatable bonds is 6. The highest BCUT2D eigenvalue weighted by molar-refractivity contribution is 6.30. The first-order chi connectivity index (χ1) is 15.4. The van der Waals surface area contributed by atoms with E-state index < -0.39 is 17.2 Å². The number of ether oxygens (including phenoxy) is 1. The summed E-state index contributed by atoms with van der Waals surface area (Å²) >= 11 is 6.06. The molecule has 4 rings (SSSR count). The second-order valence-electron chi connectivity index (χ2n) is 7.74. The Morgan fingerprint density at radius 3 is 2.69 bits per heavy atom. The molecule has 1 aromatic heterocycles. The van der Waals surface area contributed by atoms with Crippen molar-refractivity contribution in [3.63, 3.8) is 0 Å². The molecule has 3 aromatic rings. The standard InChI is InChI=1S/C23H23ClN4O4/c1-15-7-9-18(10-8-15)28-23(31)27(14-16-4-2-5-17(24)12-16)22(30)20(26-28)21(29)25-13-19-6-3-11-32-19/h2,4-5,7-10,12,19H,3,6,11,13-14H2,1H3,(H,25,29). The third-order valence-electron chi connectivity index (χ3n) is 5.30. The molecular weight excluding hydrogens is 432 g/mol. The van der Waals surface area contributed by atoms with E-state index in [1.807, 2.05) is 19.1 Å². The quantitative estimate of drug-likeness (QED) is 0.616. The maximum Gasteiger partial charge on any atom is 0.352 e. The Bertz CT molecular complexity index is 1240. The van der Waals surface area contributed by atoms with Crippen LogP contribution in [-0.2, 0) is 11.3 Å². The van der Waals surface area contributed by atoms with Gasteiger partial charge in [-0.05, 0) is 49.6 Å². The van der Waals surface area contributed by atoms with Gasteiger partial charge in [-0.3, -0.25) is 14.2 Å². The smallest absolute Gasteiger partial charge is 0.352 e. The van der Waals surface area contributed by atoms with Gasteiger partial charge in [0.1, 0.15) is 0 Å². The molecule has 2 heterocycles. The highest BCUT2D eigenvalue weighted by Crippen LogP contribution is 2.12. The molecule has 166 valence electrons. The second kappa shape index (κ2) is 9.50. The fourth-order valence-corrected chi connectivity index (χ4v) is 3.78. The third-order valence-corrected chi connectivity index (χ3v) is 5.53. The van der Waals surface area contributed by atoms with Crippen LogP contribution in [0, 0.1) is 6.92 Å². The van der Waals surface area contributed by atoms with Gasteiger partial charge in [0, 0.05) is 18.2 Å². The SMILES string of the molecule is Cc1ccc(-n2nc(C(=O)NCC3CCCO3)c(=O)n(Cc3cccc(Cl)c3)c2=O)cc1. The summed E-state index contributed by atoms with van der Waals surface area (Å²) in [4.78, 5) is 39.2. The lowest BCUT2D eigenvalue weighted by atomic mass is 10.2. The normalized spacial score (nSPS) is 15.6. The van der Waals surface area contributed by atoms with Gasteiger partial charge in [0.15, 0.2) is 0 Å². The van der Waals surface area contributed by atoms with Crippen LogP contribution in [0.1, 0.15) is 34.5 Å². The number of nitrogens with one attached hydrogen (secondary N) is 1. The number of hydrogen-bond acceptors (Lipinski definition) is 5. The summed E-state index contributed by atoms with van der Waals surface area (Å²) in [5.41, 5.74) is 0.351. The van der Waals surface area contributed by atoms with Crippen molar-refractivity contribution in [3.05, 3.63) is 91.2 Å².